The van der Waals surface area contributed by atoms with Crippen molar-refractivity contribution < 1.29 is 32.5 Å². The Morgan fingerprint density at radius 3 is 2.12 bits per heavy atom. The summed E-state index contributed by atoms with van der Waals surface area (Å²) < 4.78 is 45.0. The Bertz CT molecular complexity index is 777. The molecule has 0 amide bonds. The van der Waals surface area contributed by atoms with Crippen molar-refractivity contribution in [3.8, 4) is 23.0 Å². The van der Waals surface area contributed by atoms with Crippen LogP contribution in [-0.4, -0.2) is 33.7 Å². The molecule has 2 rings (SSSR count). The Balaban J connectivity index is 2.32. The van der Waals surface area contributed by atoms with Crippen LogP contribution in [0.4, 0.5) is 8.78 Å². The number of rotatable bonds is 8. The molecule has 0 bridgehead atoms. The van der Waals surface area contributed by atoms with Crippen molar-refractivity contribution in [2.24, 2.45) is 0 Å². The van der Waals surface area contributed by atoms with E-state index in [2.05, 4.69) is 4.74 Å². The van der Waals surface area contributed by atoms with Gasteiger partial charge in [-0.05, 0) is 30.4 Å². The lowest BCUT2D eigenvalue weighted by Crippen LogP contribution is -2.03. The highest BCUT2D eigenvalue weighted by Crippen LogP contribution is 2.38. The number of halogens is 2. The molecule has 0 aliphatic rings. The van der Waals surface area contributed by atoms with Gasteiger partial charge in [0.2, 0.25) is 5.75 Å². The summed E-state index contributed by atoms with van der Waals surface area (Å²) in [5.74, 6) is 0.661. The molecule has 0 saturated heterocycles. The minimum Gasteiger partial charge on any atom is -0.493 e. The van der Waals surface area contributed by atoms with Gasteiger partial charge in [0.1, 0.15) is 5.75 Å². The lowest BCUT2D eigenvalue weighted by molar-refractivity contribution is -0.0499. The molecule has 0 saturated carbocycles. The van der Waals surface area contributed by atoms with Crippen LogP contribution in [0, 0.1) is 0 Å². The predicted molar refractivity (Wildman–Crippen MR) is 92.5 cm³/mol. The van der Waals surface area contributed by atoms with Crippen LogP contribution in [0.5, 0.6) is 23.0 Å². The van der Waals surface area contributed by atoms with Gasteiger partial charge in [0.25, 0.3) is 0 Å². The fourth-order valence-corrected chi connectivity index (χ4v) is 2.31. The highest BCUT2D eigenvalue weighted by atomic mass is 19.3. The number of benzene rings is 2. The Hall–Kier alpha value is -3.09. The third-order valence-electron chi connectivity index (χ3n) is 3.50. The summed E-state index contributed by atoms with van der Waals surface area (Å²) in [5, 5.41) is 0. The van der Waals surface area contributed by atoms with Crippen LogP contribution < -0.4 is 18.9 Å². The molecule has 0 aromatic heterocycles. The second-order valence-corrected chi connectivity index (χ2v) is 5.03. The second-order valence-electron chi connectivity index (χ2n) is 5.03. The molecular weight excluding hydrogens is 346 g/mol. The SMILES string of the molecule is COc1cc(C(=O)C=Cc2ccccc2OC(F)F)cc(OC)c1OC. The van der Waals surface area contributed by atoms with E-state index < -0.39 is 6.61 Å². The molecule has 5 nitrogen and oxygen atoms in total. The second kappa shape index (κ2) is 8.84. The molecule has 0 aliphatic heterocycles. The Morgan fingerprint density at radius 1 is 0.962 bits per heavy atom. The van der Waals surface area contributed by atoms with Gasteiger partial charge in [-0.25, -0.2) is 0 Å². The Morgan fingerprint density at radius 2 is 1.58 bits per heavy atom. The van der Waals surface area contributed by atoms with Crippen molar-refractivity contribution in [2.75, 3.05) is 21.3 Å². The molecule has 2 aromatic carbocycles. The molecule has 0 fully saturated rings. The van der Waals surface area contributed by atoms with Crippen LogP contribution in [0.1, 0.15) is 15.9 Å². The number of carbonyl (C=O) groups excluding carboxylic acids is 1. The normalized spacial score (nSPS) is 10.8. The minimum absolute atomic E-state index is 0.0172. The molecule has 0 spiro atoms. The molecule has 7 heteroatoms. The summed E-state index contributed by atoms with van der Waals surface area (Å²) in [6.45, 7) is -2.95. The molecule has 26 heavy (non-hydrogen) atoms. The van der Waals surface area contributed by atoms with Gasteiger partial charge < -0.3 is 18.9 Å². The Labute approximate surface area is 149 Å². The van der Waals surface area contributed by atoms with E-state index in [9.17, 15) is 13.6 Å². The highest BCUT2D eigenvalue weighted by Gasteiger charge is 2.16. The van der Waals surface area contributed by atoms with Gasteiger partial charge in [0, 0.05) is 11.1 Å². The van der Waals surface area contributed by atoms with E-state index in [4.69, 9.17) is 14.2 Å². The number of ketones is 1. The number of ether oxygens (including phenoxy) is 4. The van der Waals surface area contributed by atoms with Crippen LogP contribution in [0.2, 0.25) is 0 Å². The van der Waals surface area contributed by atoms with Gasteiger partial charge in [0.05, 0.1) is 21.3 Å². The van der Waals surface area contributed by atoms with Crippen LogP contribution in [-0.2, 0) is 0 Å². The lowest BCUT2D eigenvalue weighted by Gasteiger charge is -2.13. The fraction of sp³-hybridized carbons (Fsp3) is 0.211. The van der Waals surface area contributed by atoms with Gasteiger partial charge in [-0.1, -0.05) is 18.2 Å². The van der Waals surface area contributed by atoms with E-state index >= 15 is 0 Å². The molecule has 0 atom stereocenters. The standard InChI is InChI=1S/C19H18F2O5/c1-23-16-10-13(11-17(24-2)18(16)25-3)14(22)9-8-12-6-4-5-7-15(12)26-19(20)21/h4-11,19H,1-3H3. The smallest absolute Gasteiger partial charge is 0.387 e. The third kappa shape index (κ3) is 4.50. The first-order valence-corrected chi connectivity index (χ1v) is 7.56. The van der Waals surface area contributed by atoms with Crippen molar-refractivity contribution in [1.82, 2.24) is 0 Å². The van der Waals surface area contributed by atoms with E-state index in [-0.39, 0.29) is 11.5 Å². The van der Waals surface area contributed by atoms with Gasteiger partial charge >= 0.3 is 6.61 Å². The highest BCUT2D eigenvalue weighted by molar-refractivity contribution is 6.07. The topological polar surface area (TPSA) is 54.0 Å². The monoisotopic (exact) mass is 364 g/mol. The predicted octanol–water partition coefficient (Wildman–Crippen LogP) is 4.21. The van der Waals surface area contributed by atoms with Crippen LogP contribution in [0.25, 0.3) is 6.08 Å². The fourth-order valence-electron chi connectivity index (χ4n) is 2.31. The number of hydrogen-bond donors (Lipinski definition) is 0. The van der Waals surface area contributed by atoms with Gasteiger partial charge in [-0.15, -0.1) is 0 Å². The van der Waals surface area contributed by atoms with E-state index in [1.807, 2.05) is 0 Å². The van der Waals surface area contributed by atoms with Crippen molar-refractivity contribution in [3.05, 3.63) is 53.6 Å². The maximum atomic E-state index is 12.5. The number of allylic oxidation sites excluding steroid dienone is 1. The van der Waals surface area contributed by atoms with Crippen molar-refractivity contribution in [2.45, 2.75) is 6.61 Å². The summed E-state index contributed by atoms with van der Waals surface area (Å²) in [5.41, 5.74) is 0.650. The average molecular weight is 364 g/mol. The Kier molecular flexibility index (Phi) is 6.54. The molecule has 0 aliphatic carbocycles. The van der Waals surface area contributed by atoms with Gasteiger partial charge in [-0.2, -0.15) is 8.78 Å². The maximum absolute atomic E-state index is 12.5. The molecule has 0 N–H and O–H groups in total. The molecule has 0 radical (unpaired) electrons. The first kappa shape index (κ1) is 19.2. The average Bonchev–Trinajstić information content (AvgIpc) is 2.65. The molecule has 2 aromatic rings. The maximum Gasteiger partial charge on any atom is 0.387 e. The number of carbonyl (C=O) groups is 1. The van der Waals surface area contributed by atoms with E-state index in [0.29, 0.717) is 28.4 Å². The van der Waals surface area contributed by atoms with Crippen molar-refractivity contribution in [1.29, 1.82) is 0 Å². The summed E-state index contributed by atoms with van der Waals surface area (Å²) >= 11 is 0. The zero-order valence-electron chi connectivity index (χ0n) is 14.5. The summed E-state index contributed by atoms with van der Waals surface area (Å²) in [6, 6.07) is 9.20. The summed E-state index contributed by atoms with van der Waals surface area (Å²) in [7, 11) is 4.35. The zero-order chi connectivity index (χ0) is 19.1. The van der Waals surface area contributed by atoms with E-state index in [1.165, 1.54) is 51.7 Å². The summed E-state index contributed by atoms with van der Waals surface area (Å²) in [4.78, 5) is 12.5. The number of hydrogen-bond acceptors (Lipinski definition) is 5. The van der Waals surface area contributed by atoms with Crippen LogP contribution in [0.3, 0.4) is 0 Å². The zero-order valence-corrected chi connectivity index (χ0v) is 14.5. The molecule has 0 heterocycles. The summed E-state index contributed by atoms with van der Waals surface area (Å²) in [6.07, 6.45) is 2.66. The molecule has 0 unspecified atom stereocenters. The van der Waals surface area contributed by atoms with Crippen molar-refractivity contribution in [3.63, 3.8) is 0 Å². The van der Waals surface area contributed by atoms with Crippen LogP contribution in [0.15, 0.2) is 42.5 Å². The largest absolute Gasteiger partial charge is 0.493 e. The van der Waals surface area contributed by atoms with E-state index in [0.717, 1.165) is 0 Å². The molecular formula is C19H18F2O5. The first-order valence-electron chi connectivity index (χ1n) is 7.56. The van der Waals surface area contributed by atoms with Gasteiger partial charge in [-0.3, -0.25) is 4.79 Å². The third-order valence-corrected chi connectivity index (χ3v) is 3.50. The van der Waals surface area contributed by atoms with Crippen molar-refractivity contribution >= 4 is 11.9 Å². The first-order chi connectivity index (χ1) is 12.5. The lowest BCUT2D eigenvalue weighted by atomic mass is 10.1. The quantitative estimate of drug-likeness (QED) is 0.519. The number of alkyl halides is 2. The number of para-hydroxylation sites is 1. The van der Waals surface area contributed by atoms with Gasteiger partial charge in [0.15, 0.2) is 17.3 Å². The van der Waals surface area contributed by atoms with Crippen LogP contribution >= 0.6 is 0 Å². The van der Waals surface area contributed by atoms with E-state index in [1.54, 1.807) is 18.2 Å². The molecule has 138 valence electrons. The minimum atomic E-state index is -2.95. The number of methoxy groups -OCH3 is 3.